The second-order valence-corrected chi connectivity index (χ2v) is 8.78. The quantitative estimate of drug-likeness (QED) is 0.229. The lowest BCUT2D eigenvalue weighted by Gasteiger charge is -2.11. The molecular formula is C27H25N5O3S. The number of aromatic nitrogens is 5. The first-order chi connectivity index (χ1) is 17.7. The van der Waals surface area contributed by atoms with Crippen LogP contribution < -0.4 is 9.47 Å². The lowest BCUT2D eigenvalue weighted by molar-refractivity contribution is 0.340. The number of nitrogens with zero attached hydrogens (tertiary/aromatic N) is 5. The fourth-order valence-electron chi connectivity index (χ4n) is 3.69. The Hall–Kier alpha value is -4.11. The summed E-state index contributed by atoms with van der Waals surface area (Å²) in [7, 11) is 1.63. The zero-order valence-corrected chi connectivity index (χ0v) is 20.8. The molecule has 3 aromatic carbocycles. The Bertz CT molecular complexity index is 1400. The van der Waals surface area contributed by atoms with Crippen LogP contribution in [0.5, 0.6) is 11.5 Å². The van der Waals surface area contributed by atoms with Crippen LogP contribution in [0.1, 0.15) is 24.2 Å². The number of rotatable bonds is 10. The fourth-order valence-corrected chi connectivity index (χ4v) is 4.50. The van der Waals surface area contributed by atoms with Crippen LogP contribution in [0, 0.1) is 0 Å². The molecule has 36 heavy (non-hydrogen) atoms. The van der Waals surface area contributed by atoms with Gasteiger partial charge in [0, 0.05) is 17.7 Å². The number of benzene rings is 3. The van der Waals surface area contributed by atoms with E-state index in [9.17, 15) is 0 Å². The van der Waals surface area contributed by atoms with Crippen LogP contribution >= 0.6 is 11.8 Å². The molecule has 0 bridgehead atoms. The number of methoxy groups -OCH3 is 1. The molecule has 5 aromatic rings. The fraction of sp³-hybridized carbons (Fsp3) is 0.185. The van der Waals surface area contributed by atoms with E-state index in [0.717, 1.165) is 39.3 Å². The van der Waals surface area contributed by atoms with Crippen LogP contribution in [-0.2, 0) is 12.2 Å². The van der Waals surface area contributed by atoms with Gasteiger partial charge in [-0.05, 0) is 61.0 Å². The third kappa shape index (κ3) is 5.41. The molecule has 0 fully saturated rings. The zero-order valence-electron chi connectivity index (χ0n) is 20.0. The predicted octanol–water partition coefficient (Wildman–Crippen LogP) is 5.61. The topological polar surface area (TPSA) is 88.1 Å². The van der Waals surface area contributed by atoms with Gasteiger partial charge in [0.2, 0.25) is 11.8 Å². The average Bonchev–Trinajstić information content (AvgIpc) is 3.56. The lowest BCUT2D eigenvalue weighted by atomic mass is 10.1. The smallest absolute Gasteiger partial charge is 0.247 e. The summed E-state index contributed by atoms with van der Waals surface area (Å²) in [5.74, 6) is 3.88. The molecule has 9 heteroatoms. The molecule has 0 saturated heterocycles. The van der Waals surface area contributed by atoms with Crippen LogP contribution in [0.4, 0.5) is 0 Å². The molecule has 0 aliphatic rings. The van der Waals surface area contributed by atoms with Crippen molar-refractivity contribution >= 4 is 11.8 Å². The summed E-state index contributed by atoms with van der Waals surface area (Å²) >= 11 is 1.50. The van der Waals surface area contributed by atoms with Crippen molar-refractivity contribution in [1.82, 2.24) is 25.0 Å². The number of thioether (sulfide) groups is 1. The maximum Gasteiger partial charge on any atom is 0.247 e. The highest BCUT2D eigenvalue weighted by atomic mass is 32.2. The van der Waals surface area contributed by atoms with E-state index < -0.39 is 0 Å². The monoisotopic (exact) mass is 499 g/mol. The number of ether oxygens (including phenoxy) is 2. The SMILES string of the molecule is CCOc1ccc(-n2c(Cc3ccccc3)nnc2SCc2nnc(-c3ccc(OC)cc3)o2)cc1. The van der Waals surface area contributed by atoms with E-state index in [-0.39, 0.29) is 0 Å². The van der Waals surface area contributed by atoms with Crippen molar-refractivity contribution in [3.8, 4) is 28.6 Å². The summed E-state index contributed by atoms with van der Waals surface area (Å²) in [6.45, 7) is 2.59. The molecule has 0 spiro atoms. The van der Waals surface area contributed by atoms with Gasteiger partial charge in [0.15, 0.2) is 5.16 Å². The maximum absolute atomic E-state index is 5.90. The van der Waals surface area contributed by atoms with Crippen molar-refractivity contribution in [3.63, 3.8) is 0 Å². The van der Waals surface area contributed by atoms with E-state index in [1.165, 1.54) is 11.8 Å². The third-order valence-electron chi connectivity index (χ3n) is 5.44. The van der Waals surface area contributed by atoms with Gasteiger partial charge in [0.05, 0.1) is 19.5 Å². The van der Waals surface area contributed by atoms with Gasteiger partial charge in [-0.25, -0.2) is 0 Å². The van der Waals surface area contributed by atoms with Crippen molar-refractivity contribution in [2.45, 2.75) is 24.3 Å². The van der Waals surface area contributed by atoms with Gasteiger partial charge in [-0.2, -0.15) is 0 Å². The van der Waals surface area contributed by atoms with Gasteiger partial charge in [-0.1, -0.05) is 42.1 Å². The second kappa shape index (κ2) is 11.1. The predicted molar refractivity (Wildman–Crippen MR) is 138 cm³/mol. The molecule has 5 rings (SSSR count). The van der Waals surface area contributed by atoms with Crippen LogP contribution in [0.3, 0.4) is 0 Å². The van der Waals surface area contributed by atoms with E-state index in [2.05, 4.69) is 37.1 Å². The van der Waals surface area contributed by atoms with Crippen LogP contribution in [0.25, 0.3) is 17.1 Å². The van der Waals surface area contributed by atoms with Gasteiger partial charge in [0.1, 0.15) is 17.3 Å². The largest absolute Gasteiger partial charge is 0.497 e. The molecule has 0 aliphatic carbocycles. The second-order valence-electron chi connectivity index (χ2n) is 7.84. The summed E-state index contributed by atoms with van der Waals surface area (Å²) in [6.07, 6.45) is 0.657. The molecule has 0 atom stereocenters. The summed E-state index contributed by atoms with van der Waals surface area (Å²) in [6, 6.07) is 25.7. The molecular weight excluding hydrogens is 474 g/mol. The lowest BCUT2D eigenvalue weighted by Crippen LogP contribution is -2.04. The highest BCUT2D eigenvalue weighted by Gasteiger charge is 2.17. The Kier molecular flexibility index (Phi) is 7.28. The van der Waals surface area contributed by atoms with Crippen molar-refractivity contribution < 1.29 is 13.9 Å². The standard InChI is InChI=1S/C27H25N5O3S/c1-3-34-23-15-11-21(12-16-23)32-24(17-19-7-5-4-6-8-19)28-31-27(32)36-18-25-29-30-26(35-25)20-9-13-22(33-2)14-10-20/h4-16H,3,17-18H2,1-2H3. The van der Waals surface area contributed by atoms with Crippen molar-refractivity contribution in [1.29, 1.82) is 0 Å². The summed E-state index contributed by atoms with van der Waals surface area (Å²) in [5, 5.41) is 18.2. The van der Waals surface area contributed by atoms with Gasteiger partial charge >= 0.3 is 0 Å². The normalized spacial score (nSPS) is 10.9. The van der Waals surface area contributed by atoms with E-state index in [4.69, 9.17) is 13.9 Å². The Morgan fingerprint density at radius 1 is 0.833 bits per heavy atom. The zero-order chi connectivity index (χ0) is 24.7. The molecule has 2 aromatic heterocycles. The Morgan fingerprint density at radius 3 is 2.31 bits per heavy atom. The van der Waals surface area contributed by atoms with E-state index in [1.807, 2.05) is 73.7 Å². The minimum absolute atomic E-state index is 0.462. The van der Waals surface area contributed by atoms with E-state index in [1.54, 1.807) is 7.11 Å². The molecule has 0 aliphatic heterocycles. The van der Waals surface area contributed by atoms with Crippen molar-refractivity contribution in [2.75, 3.05) is 13.7 Å². The molecule has 2 heterocycles. The van der Waals surface area contributed by atoms with Crippen LogP contribution in [0.15, 0.2) is 88.4 Å². The van der Waals surface area contributed by atoms with E-state index in [0.29, 0.717) is 30.6 Å². The highest BCUT2D eigenvalue weighted by molar-refractivity contribution is 7.98. The van der Waals surface area contributed by atoms with Crippen molar-refractivity contribution in [3.05, 3.63) is 96.1 Å². The molecule has 0 N–H and O–H groups in total. The average molecular weight is 500 g/mol. The van der Waals surface area contributed by atoms with E-state index >= 15 is 0 Å². The summed E-state index contributed by atoms with van der Waals surface area (Å²) in [5.41, 5.74) is 2.96. The summed E-state index contributed by atoms with van der Waals surface area (Å²) in [4.78, 5) is 0. The van der Waals surface area contributed by atoms with Crippen LogP contribution in [-0.4, -0.2) is 38.7 Å². The Labute approximate surface area is 213 Å². The molecule has 0 amide bonds. The molecule has 0 unspecified atom stereocenters. The Balaban J connectivity index is 1.38. The maximum atomic E-state index is 5.90. The van der Waals surface area contributed by atoms with Gasteiger partial charge < -0.3 is 13.9 Å². The third-order valence-corrected chi connectivity index (χ3v) is 6.35. The highest BCUT2D eigenvalue weighted by Crippen LogP contribution is 2.28. The van der Waals surface area contributed by atoms with Crippen molar-refractivity contribution in [2.24, 2.45) is 0 Å². The van der Waals surface area contributed by atoms with Gasteiger partial charge in [-0.3, -0.25) is 4.57 Å². The first-order valence-electron chi connectivity index (χ1n) is 11.5. The first-order valence-corrected chi connectivity index (χ1v) is 12.5. The number of hydrogen-bond acceptors (Lipinski definition) is 8. The Morgan fingerprint density at radius 2 is 1.58 bits per heavy atom. The van der Waals surface area contributed by atoms with Gasteiger partial charge in [-0.15, -0.1) is 20.4 Å². The molecule has 8 nitrogen and oxygen atoms in total. The van der Waals surface area contributed by atoms with Gasteiger partial charge in [0.25, 0.3) is 0 Å². The molecule has 0 radical (unpaired) electrons. The minimum Gasteiger partial charge on any atom is -0.497 e. The van der Waals surface area contributed by atoms with Crippen LogP contribution in [0.2, 0.25) is 0 Å². The minimum atomic E-state index is 0.462. The summed E-state index contributed by atoms with van der Waals surface area (Å²) < 4.78 is 18.8. The number of hydrogen-bond donors (Lipinski definition) is 0. The molecule has 0 saturated carbocycles. The first kappa shape index (κ1) is 23.6. The molecule has 182 valence electrons.